The first-order valence-electron chi connectivity index (χ1n) is 7.28. The van der Waals surface area contributed by atoms with Crippen LogP contribution in [0.2, 0.25) is 0 Å². The minimum absolute atomic E-state index is 0.0138. The Morgan fingerprint density at radius 2 is 2.38 bits per heavy atom. The lowest BCUT2D eigenvalue weighted by molar-refractivity contribution is -0.124. The van der Waals surface area contributed by atoms with Crippen LogP contribution in [0.25, 0.3) is 5.65 Å². The number of nitrogens with zero attached hydrogens (tertiary/aromatic N) is 3. The molecule has 3 heterocycles. The van der Waals surface area contributed by atoms with Gasteiger partial charge in [0.25, 0.3) is 0 Å². The maximum Gasteiger partial charge on any atom is 0.224 e. The molecule has 1 aliphatic rings. The fraction of sp³-hybridized carbons (Fsp3) is 0.467. The van der Waals surface area contributed by atoms with Gasteiger partial charge in [-0.3, -0.25) is 9.20 Å². The molecule has 0 aliphatic carbocycles. The Kier molecular flexibility index (Phi) is 3.79. The van der Waals surface area contributed by atoms with Crippen LogP contribution in [0.5, 0.6) is 0 Å². The molecule has 0 bridgehead atoms. The maximum absolute atomic E-state index is 11.9. The molecule has 21 heavy (non-hydrogen) atoms. The number of hydrogen-bond donors (Lipinski definition) is 2. The molecule has 112 valence electrons. The second kappa shape index (κ2) is 5.73. The highest BCUT2D eigenvalue weighted by Gasteiger charge is 2.28. The molecule has 2 aromatic heterocycles. The first-order valence-corrected chi connectivity index (χ1v) is 7.28. The van der Waals surface area contributed by atoms with E-state index in [1.807, 2.05) is 28.8 Å². The molecule has 6 nitrogen and oxygen atoms in total. The van der Waals surface area contributed by atoms with Crippen molar-refractivity contribution in [2.75, 3.05) is 25.0 Å². The van der Waals surface area contributed by atoms with Gasteiger partial charge in [0.2, 0.25) is 5.91 Å². The lowest BCUT2D eigenvalue weighted by Gasteiger charge is -2.32. The van der Waals surface area contributed by atoms with Crippen molar-refractivity contribution >= 4 is 17.4 Å². The summed E-state index contributed by atoms with van der Waals surface area (Å²) in [5, 5.41) is 12.4. The molecule has 0 radical (unpaired) electrons. The highest BCUT2D eigenvalue weighted by molar-refractivity contribution is 5.79. The minimum Gasteiger partial charge on any atom is -0.390 e. The molecule has 1 amide bonds. The summed E-state index contributed by atoms with van der Waals surface area (Å²) >= 11 is 0. The number of amides is 1. The third kappa shape index (κ3) is 2.47. The van der Waals surface area contributed by atoms with E-state index in [1.165, 1.54) is 0 Å². The van der Waals surface area contributed by atoms with Crippen molar-refractivity contribution in [3.05, 3.63) is 30.1 Å². The van der Waals surface area contributed by atoms with Gasteiger partial charge in [-0.2, -0.15) is 0 Å². The summed E-state index contributed by atoms with van der Waals surface area (Å²) in [6.45, 7) is 1.45. The number of piperidine rings is 1. The van der Waals surface area contributed by atoms with Gasteiger partial charge in [0, 0.05) is 26.3 Å². The number of aromatic nitrogens is 2. The average molecular weight is 288 g/mol. The van der Waals surface area contributed by atoms with Crippen LogP contribution in [0.15, 0.2) is 24.4 Å². The van der Waals surface area contributed by atoms with Gasteiger partial charge in [0.05, 0.1) is 18.2 Å². The number of pyridine rings is 1. The molecule has 2 aromatic rings. The van der Waals surface area contributed by atoms with Crippen molar-refractivity contribution in [1.82, 2.24) is 14.7 Å². The molecule has 0 aromatic carbocycles. The summed E-state index contributed by atoms with van der Waals surface area (Å²) in [7, 11) is 1.67. The first-order chi connectivity index (χ1) is 10.2. The van der Waals surface area contributed by atoms with Crippen LogP contribution in [0, 0.1) is 5.92 Å². The number of anilines is 1. The third-order valence-corrected chi connectivity index (χ3v) is 4.10. The fourth-order valence-corrected chi connectivity index (χ4v) is 3.02. The Hall–Kier alpha value is -2.08. The largest absolute Gasteiger partial charge is 0.390 e. The van der Waals surface area contributed by atoms with E-state index in [1.54, 1.807) is 7.05 Å². The molecular formula is C15H20N4O2. The number of nitrogens with one attached hydrogen (secondary N) is 1. The maximum atomic E-state index is 11.9. The molecular weight excluding hydrogens is 268 g/mol. The smallest absolute Gasteiger partial charge is 0.224 e. The van der Waals surface area contributed by atoms with Crippen LogP contribution in [-0.4, -0.2) is 40.5 Å². The van der Waals surface area contributed by atoms with Crippen molar-refractivity contribution < 1.29 is 9.90 Å². The molecule has 1 unspecified atom stereocenters. The van der Waals surface area contributed by atoms with E-state index < -0.39 is 0 Å². The molecule has 1 aliphatic heterocycles. The minimum atomic E-state index is -0.0678. The lowest BCUT2D eigenvalue weighted by Crippen LogP contribution is -2.42. The van der Waals surface area contributed by atoms with Gasteiger partial charge in [-0.15, -0.1) is 0 Å². The SMILES string of the molecule is CNC(=O)C1CCCN(c2nc3ccccn3c2CO)C1. The van der Waals surface area contributed by atoms with Gasteiger partial charge in [0.1, 0.15) is 5.65 Å². The van der Waals surface area contributed by atoms with E-state index in [2.05, 4.69) is 15.2 Å². The summed E-state index contributed by atoms with van der Waals surface area (Å²) in [6.07, 6.45) is 3.76. The normalized spacial score (nSPS) is 19.0. The van der Waals surface area contributed by atoms with Crippen LogP contribution >= 0.6 is 0 Å². The topological polar surface area (TPSA) is 69.9 Å². The Labute approximate surface area is 123 Å². The van der Waals surface area contributed by atoms with Crippen molar-refractivity contribution in [3.8, 4) is 0 Å². The van der Waals surface area contributed by atoms with E-state index in [-0.39, 0.29) is 18.4 Å². The number of hydrogen-bond acceptors (Lipinski definition) is 4. The Morgan fingerprint density at radius 1 is 1.52 bits per heavy atom. The number of imidazole rings is 1. The highest BCUT2D eigenvalue weighted by Crippen LogP contribution is 2.27. The first kappa shape index (κ1) is 13.9. The number of fused-ring (bicyclic) bond motifs is 1. The van der Waals surface area contributed by atoms with E-state index in [0.29, 0.717) is 6.54 Å². The predicted molar refractivity (Wildman–Crippen MR) is 80.1 cm³/mol. The van der Waals surface area contributed by atoms with Crippen LogP contribution in [0.1, 0.15) is 18.5 Å². The summed E-state index contributed by atoms with van der Waals surface area (Å²) in [4.78, 5) is 18.6. The number of carbonyl (C=O) groups is 1. The van der Waals surface area contributed by atoms with E-state index in [9.17, 15) is 9.90 Å². The summed E-state index contributed by atoms with van der Waals surface area (Å²) in [5.74, 6) is 0.853. The van der Waals surface area contributed by atoms with Crippen LogP contribution in [0.3, 0.4) is 0 Å². The van der Waals surface area contributed by atoms with Crippen molar-refractivity contribution in [1.29, 1.82) is 0 Å². The Morgan fingerprint density at radius 3 is 3.14 bits per heavy atom. The Bertz CT molecular complexity index is 652. The number of aliphatic hydroxyl groups excluding tert-OH is 1. The summed E-state index contributed by atoms with van der Waals surface area (Å²) in [5.41, 5.74) is 1.60. The molecule has 1 atom stereocenters. The van der Waals surface area contributed by atoms with E-state index in [0.717, 1.165) is 36.5 Å². The van der Waals surface area contributed by atoms with Crippen molar-refractivity contribution in [2.24, 2.45) is 5.92 Å². The number of aliphatic hydroxyl groups is 1. The molecule has 1 saturated heterocycles. The second-order valence-electron chi connectivity index (χ2n) is 5.37. The average Bonchev–Trinajstić information content (AvgIpc) is 2.92. The monoisotopic (exact) mass is 288 g/mol. The summed E-state index contributed by atoms with van der Waals surface area (Å²) < 4.78 is 1.90. The van der Waals surface area contributed by atoms with Crippen molar-refractivity contribution in [3.63, 3.8) is 0 Å². The van der Waals surface area contributed by atoms with E-state index in [4.69, 9.17) is 0 Å². The molecule has 6 heteroatoms. The fourth-order valence-electron chi connectivity index (χ4n) is 3.02. The van der Waals surface area contributed by atoms with E-state index >= 15 is 0 Å². The molecule has 2 N–H and O–H groups in total. The van der Waals surface area contributed by atoms with Gasteiger partial charge in [-0.05, 0) is 25.0 Å². The zero-order valence-corrected chi connectivity index (χ0v) is 12.1. The van der Waals surface area contributed by atoms with Crippen molar-refractivity contribution in [2.45, 2.75) is 19.4 Å². The van der Waals surface area contributed by atoms with Crippen LogP contribution in [0.4, 0.5) is 5.82 Å². The zero-order valence-electron chi connectivity index (χ0n) is 12.1. The van der Waals surface area contributed by atoms with Gasteiger partial charge in [0.15, 0.2) is 5.82 Å². The second-order valence-corrected chi connectivity index (χ2v) is 5.37. The standard InChI is InChI=1S/C15H20N4O2/c1-16-15(21)11-5-4-7-18(9-11)14-12(10-20)19-8-3-2-6-13(19)17-14/h2-3,6,8,11,20H,4-5,7,9-10H2,1H3,(H,16,21). The molecule has 0 spiro atoms. The summed E-state index contributed by atoms with van der Waals surface area (Å²) in [6, 6.07) is 5.76. The number of carbonyl (C=O) groups excluding carboxylic acids is 1. The van der Waals surface area contributed by atoms with Gasteiger partial charge >= 0.3 is 0 Å². The molecule has 3 rings (SSSR count). The highest BCUT2D eigenvalue weighted by atomic mass is 16.3. The Balaban J connectivity index is 1.94. The molecule has 0 saturated carbocycles. The number of rotatable bonds is 3. The van der Waals surface area contributed by atoms with Gasteiger partial charge in [-0.1, -0.05) is 6.07 Å². The van der Waals surface area contributed by atoms with Crippen LogP contribution in [-0.2, 0) is 11.4 Å². The third-order valence-electron chi connectivity index (χ3n) is 4.10. The predicted octanol–water partition coefficient (Wildman–Crippen LogP) is 0.789. The van der Waals surface area contributed by atoms with Gasteiger partial charge < -0.3 is 15.3 Å². The lowest BCUT2D eigenvalue weighted by atomic mass is 9.97. The molecule has 1 fully saturated rings. The van der Waals surface area contributed by atoms with Gasteiger partial charge in [-0.25, -0.2) is 4.98 Å². The zero-order chi connectivity index (χ0) is 14.8. The van der Waals surface area contributed by atoms with Crippen LogP contribution < -0.4 is 10.2 Å². The quantitative estimate of drug-likeness (QED) is 0.876.